The van der Waals surface area contributed by atoms with Gasteiger partial charge in [0, 0.05) is 0 Å². The summed E-state index contributed by atoms with van der Waals surface area (Å²) in [5.74, 6) is -6.62. The number of aliphatic carboxylic acids is 3. The van der Waals surface area contributed by atoms with Gasteiger partial charge in [-0.3, -0.25) is 14.4 Å². The molecule has 0 aliphatic carbocycles. The maximum Gasteiger partial charge on any atom is 0.319 e. The van der Waals surface area contributed by atoms with E-state index < -0.39 is 29.2 Å². The predicted octanol–water partition coefficient (Wildman–Crippen LogP) is 0.273. The van der Waals surface area contributed by atoms with Crippen LogP contribution in [0, 0.1) is 11.3 Å². The second kappa shape index (κ2) is 4.08. The van der Waals surface area contributed by atoms with Crippen molar-refractivity contribution in [2.45, 2.75) is 20.3 Å². The Balaban J connectivity index is 5.25. The van der Waals surface area contributed by atoms with Crippen molar-refractivity contribution in [2.24, 2.45) is 11.3 Å². The Morgan fingerprint density at radius 2 is 1.50 bits per heavy atom. The third kappa shape index (κ3) is 2.01. The number of hydrogen-bond acceptors (Lipinski definition) is 3. The zero-order valence-electron chi connectivity index (χ0n) is 7.85. The normalized spacial score (nSPS) is 14.8. The summed E-state index contributed by atoms with van der Waals surface area (Å²) in [5, 5.41) is 26.0. The van der Waals surface area contributed by atoms with Crippen molar-refractivity contribution in [3.05, 3.63) is 0 Å². The second-order valence-electron chi connectivity index (χ2n) is 3.19. The van der Waals surface area contributed by atoms with E-state index in [0.29, 0.717) is 0 Å². The topological polar surface area (TPSA) is 112 Å². The molecule has 0 amide bonds. The molecule has 0 saturated carbocycles. The van der Waals surface area contributed by atoms with Gasteiger partial charge >= 0.3 is 17.9 Å². The predicted molar refractivity (Wildman–Crippen MR) is 44.8 cm³/mol. The molecule has 6 heteroatoms. The average molecular weight is 204 g/mol. The van der Waals surface area contributed by atoms with Gasteiger partial charge in [-0.1, -0.05) is 6.92 Å². The highest BCUT2D eigenvalue weighted by molar-refractivity contribution is 5.98. The molecule has 6 nitrogen and oxygen atoms in total. The van der Waals surface area contributed by atoms with Crippen LogP contribution in [-0.2, 0) is 14.4 Å². The molecule has 0 aromatic heterocycles. The van der Waals surface area contributed by atoms with Gasteiger partial charge in [-0.2, -0.15) is 0 Å². The molecule has 0 rings (SSSR count). The van der Waals surface area contributed by atoms with Crippen LogP contribution in [0.1, 0.15) is 20.3 Å². The smallest absolute Gasteiger partial charge is 0.319 e. The molecule has 0 spiro atoms. The standard InChI is InChI=1S/C8H12O6/c1-3-8(2,7(13)14)4(5(9)10)6(11)12/h4H,3H2,1-2H3,(H,9,10)(H,11,12)(H,13,14). The SMILES string of the molecule is CCC(C)(C(=O)O)C(C(=O)O)C(=O)O. The van der Waals surface area contributed by atoms with E-state index in [9.17, 15) is 14.4 Å². The van der Waals surface area contributed by atoms with Crippen LogP contribution in [0.4, 0.5) is 0 Å². The Hall–Kier alpha value is -1.59. The highest BCUT2D eigenvalue weighted by Gasteiger charge is 2.49. The van der Waals surface area contributed by atoms with Crippen molar-refractivity contribution in [1.82, 2.24) is 0 Å². The highest BCUT2D eigenvalue weighted by Crippen LogP contribution is 2.32. The summed E-state index contributed by atoms with van der Waals surface area (Å²) in [6, 6.07) is 0. The van der Waals surface area contributed by atoms with E-state index in [1.807, 2.05) is 0 Å². The minimum atomic E-state index is -1.93. The quantitative estimate of drug-likeness (QED) is 0.554. The molecule has 0 aliphatic heterocycles. The van der Waals surface area contributed by atoms with Crippen LogP contribution < -0.4 is 0 Å². The molecule has 0 aromatic rings. The molecule has 0 saturated heterocycles. The monoisotopic (exact) mass is 204 g/mol. The maximum atomic E-state index is 10.8. The number of rotatable bonds is 5. The molecule has 14 heavy (non-hydrogen) atoms. The molecule has 0 aromatic carbocycles. The van der Waals surface area contributed by atoms with Crippen molar-refractivity contribution in [3.8, 4) is 0 Å². The van der Waals surface area contributed by atoms with Crippen molar-refractivity contribution >= 4 is 17.9 Å². The van der Waals surface area contributed by atoms with Crippen LogP contribution in [0.5, 0.6) is 0 Å². The summed E-state index contributed by atoms with van der Waals surface area (Å²) in [7, 11) is 0. The molecule has 0 bridgehead atoms. The van der Waals surface area contributed by atoms with Gasteiger partial charge in [0.05, 0.1) is 5.41 Å². The summed E-state index contributed by atoms with van der Waals surface area (Å²) in [5.41, 5.74) is -1.78. The molecule has 0 aliphatic rings. The van der Waals surface area contributed by atoms with Crippen molar-refractivity contribution < 1.29 is 29.7 Å². The van der Waals surface area contributed by atoms with E-state index in [-0.39, 0.29) is 6.42 Å². The summed E-state index contributed by atoms with van der Waals surface area (Å²) in [6.07, 6.45) is -0.0639. The van der Waals surface area contributed by atoms with Gasteiger partial charge < -0.3 is 15.3 Å². The fraction of sp³-hybridized carbons (Fsp3) is 0.625. The largest absolute Gasteiger partial charge is 0.481 e. The lowest BCUT2D eigenvalue weighted by atomic mass is 9.75. The molecule has 0 heterocycles. The number of carbonyl (C=O) groups is 3. The summed E-state index contributed by atoms with van der Waals surface area (Å²) in [4.78, 5) is 32.0. The lowest BCUT2D eigenvalue weighted by Crippen LogP contribution is -2.44. The molecule has 3 N–H and O–H groups in total. The molecule has 1 atom stereocenters. The third-order valence-electron chi connectivity index (χ3n) is 2.35. The van der Waals surface area contributed by atoms with Gasteiger partial charge in [-0.25, -0.2) is 0 Å². The van der Waals surface area contributed by atoms with Gasteiger partial charge in [0.1, 0.15) is 0 Å². The van der Waals surface area contributed by atoms with Crippen molar-refractivity contribution in [2.75, 3.05) is 0 Å². The summed E-state index contributed by atoms with van der Waals surface area (Å²) >= 11 is 0. The first-order chi connectivity index (χ1) is 6.27. The molecular formula is C8H12O6. The number of hydrogen-bond donors (Lipinski definition) is 3. The van der Waals surface area contributed by atoms with E-state index >= 15 is 0 Å². The summed E-state index contributed by atoms with van der Waals surface area (Å²) < 4.78 is 0. The molecule has 1 unspecified atom stereocenters. The minimum Gasteiger partial charge on any atom is -0.481 e. The summed E-state index contributed by atoms with van der Waals surface area (Å²) in [6.45, 7) is 2.55. The number of carboxylic acids is 3. The maximum absolute atomic E-state index is 10.8. The Morgan fingerprint density at radius 3 is 1.57 bits per heavy atom. The average Bonchev–Trinajstić information content (AvgIpc) is 2.02. The fourth-order valence-electron chi connectivity index (χ4n) is 1.13. The van der Waals surface area contributed by atoms with Gasteiger partial charge in [0.2, 0.25) is 0 Å². The van der Waals surface area contributed by atoms with E-state index in [2.05, 4.69) is 0 Å². The molecular weight excluding hydrogens is 192 g/mol. The first kappa shape index (κ1) is 12.4. The Bertz CT molecular complexity index is 257. The zero-order chi connectivity index (χ0) is 11.5. The van der Waals surface area contributed by atoms with Crippen molar-refractivity contribution in [1.29, 1.82) is 0 Å². The molecule has 80 valence electrons. The van der Waals surface area contributed by atoms with Crippen LogP contribution in [0.15, 0.2) is 0 Å². The number of carboxylic acid groups (broad SMARTS) is 3. The fourth-order valence-corrected chi connectivity index (χ4v) is 1.13. The Labute approximate surface area is 80.2 Å². The van der Waals surface area contributed by atoms with Crippen LogP contribution >= 0.6 is 0 Å². The minimum absolute atomic E-state index is 0.0639. The lowest BCUT2D eigenvalue weighted by molar-refractivity contribution is -0.171. The van der Waals surface area contributed by atoms with Gasteiger partial charge in [-0.05, 0) is 13.3 Å². The van der Waals surface area contributed by atoms with Crippen LogP contribution in [0.3, 0.4) is 0 Å². The van der Waals surface area contributed by atoms with Gasteiger partial charge in [0.15, 0.2) is 5.92 Å². The van der Waals surface area contributed by atoms with E-state index in [4.69, 9.17) is 15.3 Å². The second-order valence-corrected chi connectivity index (χ2v) is 3.19. The Kier molecular flexibility index (Phi) is 3.62. The van der Waals surface area contributed by atoms with E-state index in [1.54, 1.807) is 0 Å². The van der Waals surface area contributed by atoms with Crippen LogP contribution in [-0.4, -0.2) is 33.2 Å². The van der Waals surface area contributed by atoms with E-state index in [1.165, 1.54) is 6.92 Å². The molecule has 0 fully saturated rings. The zero-order valence-corrected chi connectivity index (χ0v) is 7.85. The Morgan fingerprint density at radius 1 is 1.14 bits per heavy atom. The van der Waals surface area contributed by atoms with Gasteiger partial charge in [-0.15, -0.1) is 0 Å². The van der Waals surface area contributed by atoms with Gasteiger partial charge in [0.25, 0.3) is 0 Å². The van der Waals surface area contributed by atoms with E-state index in [0.717, 1.165) is 6.92 Å². The lowest BCUT2D eigenvalue weighted by Gasteiger charge is -2.26. The molecule has 0 radical (unpaired) electrons. The first-order valence-electron chi connectivity index (χ1n) is 3.96. The first-order valence-corrected chi connectivity index (χ1v) is 3.96. The highest BCUT2D eigenvalue weighted by atomic mass is 16.4. The van der Waals surface area contributed by atoms with Crippen LogP contribution in [0.2, 0.25) is 0 Å². The third-order valence-corrected chi connectivity index (χ3v) is 2.35. The van der Waals surface area contributed by atoms with Crippen molar-refractivity contribution in [3.63, 3.8) is 0 Å². The van der Waals surface area contributed by atoms with Crippen LogP contribution in [0.25, 0.3) is 0 Å².